The summed E-state index contributed by atoms with van der Waals surface area (Å²) in [5, 5.41) is 5.64. The van der Waals surface area contributed by atoms with Gasteiger partial charge in [0.05, 0.1) is 6.61 Å². The lowest BCUT2D eigenvalue weighted by Gasteiger charge is -2.10. The number of benzene rings is 2. The van der Waals surface area contributed by atoms with Crippen LogP contribution in [0.4, 0.5) is 16.2 Å². The van der Waals surface area contributed by atoms with E-state index in [0.29, 0.717) is 0 Å². The highest BCUT2D eigenvalue weighted by Crippen LogP contribution is 2.17. The van der Waals surface area contributed by atoms with Gasteiger partial charge in [-0.3, -0.25) is 0 Å². The lowest BCUT2D eigenvalue weighted by molar-refractivity contribution is 0.262. The molecule has 0 bridgehead atoms. The van der Waals surface area contributed by atoms with Crippen LogP contribution in [0, 0.1) is 6.92 Å². The zero-order valence-corrected chi connectivity index (χ0v) is 13.1. The lowest BCUT2D eigenvalue weighted by atomic mass is 10.2. The van der Waals surface area contributed by atoms with Crippen LogP contribution in [0.15, 0.2) is 48.5 Å². The molecule has 0 saturated carbocycles. The van der Waals surface area contributed by atoms with Gasteiger partial charge in [-0.15, -0.1) is 0 Å². The molecule has 2 N–H and O–H groups in total. The Balaban J connectivity index is 1.88. The number of urea groups is 1. The summed E-state index contributed by atoms with van der Waals surface area (Å²) in [5.74, 6) is 0.818. The summed E-state index contributed by atoms with van der Waals surface area (Å²) in [4.78, 5) is 12.0. The highest BCUT2D eigenvalue weighted by molar-refractivity contribution is 6.00. The van der Waals surface area contributed by atoms with Crippen molar-refractivity contribution in [2.24, 2.45) is 0 Å². The van der Waals surface area contributed by atoms with Gasteiger partial charge < -0.3 is 15.4 Å². The molecule has 0 fully saturated rings. The van der Waals surface area contributed by atoms with Crippen molar-refractivity contribution < 1.29 is 9.53 Å². The van der Waals surface area contributed by atoms with Gasteiger partial charge in [-0.05, 0) is 49.2 Å². The van der Waals surface area contributed by atoms with Gasteiger partial charge in [-0.25, -0.2) is 4.79 Å². The van der Waals surface area contributed by atoms with Gasteiger partial charge in [-0.2, -0.15) is 0 Å². The SMILES string of the molecule is CCCCOc1ccc(NC(=O)Nc2ccccc2C)cc1. The highest BCUT2D eigenvalue weighted by atomic mass is 16.5. The Kier molecular flexibility index (Phi) is 5.83. The van der Waals surface area contributed by atoms with Gasteiger partial charge in [0.15, 0.2) is 0 Å². The number of nitrogens with one attached hydrogen (secondary N) is 2. The standard InChI is InChI=1S/C18H22N2O2/c1-3-4-13-22-16-11-9-15(10-12-16)19-18(21)20-17-8-6-5-7-14(17)2/h5-12H,3-4,13H2,1-2H3,(H2,19,20,21). The van der Waals surface area contributed by atoms with Crippen LogP contribution in [0.1, 0.15) is 25.3 Å². The fourth-order valence-electron chi connectivity index (χ4n) is 1.97. The van der Waals surface area contributed by atoms with Crippen LogP contribution >= 0.6 is 0 Å². The first-order chi connectivity index (χ1) is 10.7. The average molecular weight is 298 g/mol. The molecule has 2 aromatic rings. The quantitative estimate of drug-likeness (QED) is 0.751. The van der Waals surface area contributed by atoms with Crippen LogP contribution in [-0.2, 0) is 0 Å². The summed E-state index contributed by atoms with van der Waals surface area (Å²) in [6.07, 6.45) is 2.15. The van der Waals surface area contributed by atoms with Crippen LogP contribution in [0.2, 0.25) is 0 Å². The summed E-state index contributed by atoms with van der Waals surface area (Å²) < 4.78 is 5.59. The molecule has 0 radical (unpaired) electrons. The van der Waals surface area contributed by atoms with Crippen LogP contribution in [0.3, 0.4) is 0 Å². The Morgan fingerprint density at radius 3 is 2.45 bits per heavy atom. The number of para-hydroxylation sites is 1. The molecule has 0 saturated heterocycles. The predicted molar refractivity (Wildman–Crippen MR) is 90.7 cm³/mol. The molecular formula is C18H22N2O2. The van der Waals surface area contributed by atoms with Gasteiger partial charge in [0.1, 0.15) is 5.75 Å². The van der Waals surface area contributed by atoms with Crippen LogP contribution < -0.4 is 15.4 Å². The molecule has 2 aromatic carbocycles. The molecule has 0 unspecified atom stereocenters. The number of hydrogen-bond donors (Lipinski definition) is 2. The van der Waals surface area contributed by atoms with Crippen molar-refractivity contribution in [2.75, 3.05) is 17.2 Å². The average Bonchev–Trinajstić information content (AvgIpc) is 2.51. The van der Waals surface area contributed by atoms with Crippen molar-refractivity contribution in [1.82, 2.24) is 0 Å². The van der Waals surface area contributed by atoms with Crippen molar-refractivity contribution in [2.45, 2.75) is 26.7 Å². The summed E-state index contributed by atoms with van der Waals surface area (Å²) in [7, 11) is 0. The second-order valence-electron chi connectivity index (χ2n) is 5.12. The van der Waals surface area contributed by atoms with E-state index in [0.717, 1.165) is 42.1 Å². The molecule has 0 aliphatic rings. The third-order valence-electron chi connectivity index (χ3n) is 3.27. The summed E-state index contributed by atoms with van der Waals surface area (Å²) >= 11 is 0. The third-order valence-corrected chi connectivity index (χ3v) is 3.27. The number of aryl methyl sites for hydroxylation is 1. The Hall–Kier alpha value is -2.49. The van der Waals surface area contributed by atoms with Gasteiger partial charge >= 0.3 is 6.03 Å². The lowest BCUT2D eigenvalue weighted by Crippen LogP contribution is -2.19. The Morgan fingerprint density at radius 1 is 1.05 bits per heavy atom. The fraction of sp³-hybridized carbons (Fsp3) is 0.278. The van der Waals surface area contributed by atoms with E-state index in [1.807, 2.05) is 55.5 Å². The molecule has 4 heteroatoms. The molecule has 0 atom stereocenters. The number of hydrogen-bond acceptors (Lipinski definition) is 2. The monoisotopic (exact) mass is 298 g/mol. The van der Waals surface area contributed by atoms with Crippen molar-refractivity contribution in [3.05, 3.63) is 54.1 Å². The van der Waals surface area contributed by atoms with Gasteiger partial charge in [0.25, 0.3) is 0 Å². The van der Waals surface area contributed by atoms with E-state index < -0.39 is 0 Å². The molecule has 0 aromatic heterocycles. The van der Waals surface area contributed by atoms with Crippen molar-refractivity contribution in [1.29, 1.82) is 0 Å². The number of amides is 2. The smallest absolute Gasteiger partial charge is 0.323 e. The summed E-state index contributed by atoms with van der Waals surface area (Å²) in [6.45, 7) is 4.80. The molecule has 2 amide bonds. The summed E-state index contributed by atoms with van der Waals surface area (Å²) in [6, 6.07) is 14.8. The number of rotatable bonds is 6. The number of ether oxygens (including phenoxy) is 1. The minimum atomic E-state index is -0.256. The van der Waals surface area contributed by atoms with Crippen molar-refractivity contribution in [3.63, 3.8) is 0 Å². The molecule has 4 nitrogen and oxygen atoms in total. The maximum Gasteiger partial charge on any atom is 0.323 e. The Labute approximate surface area is 131 Å². The maximum absolute atomic E-state index is 12.0. The van der Waals surface area contributed by atoms with Crippen LogP contribution in [0.5, 0.6) is 5.75 Å². The second-order valence-corrected chi connectivity index (χ2v) is 5.12. The molecule has 0 aliphatic carbocycles. The number of carbonyl (C=O) groups is 1. The van der Waals surface area contributed by atoms with Crippen LogP contribution in [-0.4, -0.2) is 12.6 Å². The van der Waals surface area contributed by atoms with E-state index in [1.54, 1.807) is 0 Å². The fourth-order valence-corrected chi connectivity index (χ4v) is 1.97. The minimum Gasteiger partial charge on any atom is -0.494 e. The zero-order chi connectivity index (χ0) is 15.8. The van der Waals surface area contributed by atoms with E-state index in [1.165, 1.54) is 0 Å². The first-order valence-electron chi connectivity index (χ1n) is 7.55. The normalized spacial score (nSPS) is 10.1. The zero-order valence-electron chi connectivity index (χ0n) is 13.1. The van der Waals surface area contributed by atoms with E-state index in [-0.39, 0.29) is 6.03 Å². The van der Waals surface area contributed by atoms with E-state index in [2.05, 4.69) is 17.6 Å². The maximum atomic E-state index is 12.0. The van der Waals surface area contributed by atoms with Gasteiger partial charge in [0.2, 0.25) is 0 Å². The second kappa shape index (κ2) is 8.08. The summed E-state index contributed by atoms with van der Waals surface area (Å²) in [5.41, 5.74) is 2.56. The molecule has 2 rings (SSSR count). The largest absolute Gasteiger partial charge is 0.494 e. The van der Waals surface area contributed by atoms with E-state index in [9.17, 15) is 4.79 Å². The van der Waals surface area contributed by atoms with Gasteiger partial charge in [-0.1, -0.05) is 31.5 Å². The first-order valence-corrected chi connectivity index (χ1v) is 7.55. The number of carbonyl (C=O) groups excluding carboxylic acids is 1. The van der Waals surface area contributed by atoms with Gasteiger partial charge in [0, 0.05) is 11.4 Å². The van der Waals surface area contributed by atoms with Crippen molar-refractivity contribution in [3.8, 4) is 5.75 Å². The molecule has 116 valence electrons. The molecule has 0 heterocycles. The Bertz CT molecular complexity index is 609. The van der Waals surface area contributed by atoms with Crippen molar-refractivity contribution >= 4 is 17.4 Å². The molecule has 0 aliphatic heterocycles. The Morgan fingerprint density at radius 2 is 1.77 bits per heavy atom. The molecular weight excluding hydrogens is 276 g/mol. The topological polar surface area (TPSA) is 50.4 Å². The highest BCUT2D eigenvalue weighted by Gasteiger charge is 2.04. The minimum absolute atomic E-state index is 0.256. The van der Waals surface area contributed by atoms with E-state index >= 15 is 0 Å². The molecule has 22 heavy (non-hydrogen) atoms. The van der Waals surface area contributed by atoms with E-state index in [4.69, 9.17) is 4.74 Å². The first kappa shape index (κ1) is 15.9. The predicted octanol–water partition coefficient (Wildman–Crippen LogP) is 4.82. The molecule has 0 spiro atoms. The number of unbranched alkanes of at least 4 members (excludes halogenated alkanes) is 1. The third kappa shape index (κ3) is 4.81. The van der Waals surface area contributed by atoms with Crippen LogP contribution in [0.25, 0.3) is 0 Å². The number of anilines is 2.